The molecule has 0 aliphatic heterocycles. The summed E-state index contributed by atoms with van der Waals surface area (Å²) in [5.41, 5.74) is 3.07. The second-order valence-electron chi connectivity index (χ2n) is 9.78. The number of hydrogen-bond donors (Lipinski definition) is 6. The molecule has 3 aliphatic carbocycles. The Kier molecular flexibility index (Phi) is 6.13. The highest BCUT2D eigenvalue weighted by molar-refractivity contribution is 6.20. The van der Waals surface area contributed by atoms with Crippen LogP contribution >= 0.6 is 0 Å². The Labute approximate surface area is 217 Å². The van der Waals surface area contributed by atoms with Gasteiger partial charge in [0.25, 0.3) is 0 Å². The molecule has 1 fully saturated rings. The van der Waals surface area contributed by atoms with E-state index < -0.39 is 76.5 Å². The van der Waals surface area contributed by atoms with Crippen LogP contribution in [0.4, 0.5) is 0 Å². The van der Waals surface area contributed by atoms with Crippen molar-refractivity contribution in [3.05, 3.63) is 70.5 Å². The number of aromatic hydroxyl groups is 1. The van der Waals surface area contributed by atoms with E-state index in [1.54, 1.807) is 36.4 Å². The van der Waals surface area contributed by atoms with E-state index in [1.165, 1.54) is 12.1 Å². The molecule has 1 saturated carbocycles. The molecule has 7 N–H and O–H groups in total. The number of amides is 1. The molecule has 0 spiro atoms. The number of carbonyl (C=O) groups excluding carboxylic acids is 3. The molecular weight excluding hydrogens is 494 g/mol. The zero-order chi connectivity index (χ0) is 27.5. The van der Waals surface area contributed by atoms with Gasteiger partial charge in [-0.3, -0.25) is 14.4 Å². The average molecular weight is 522 g/mol. The van der Waals surface area contributed by atoms with E-state index in [1.807, 2.05) is 6.92 Å². The first kappa shape index (κ1) is 25.7. The maximum Gasteiger partial charge on any atom is 0.230 e. The van der Waals surface area contributed by atoms with Crippen molar-refractivity contribution in [2.45, 2.75) is 31.2 Å². The summed E-state index contributed by atoms with van der Waals surface area (Å²) in [6, 6.07) is 11.4. The summed E-state index contributed by atoms with van der Waals surface area (Å²) in [5, 5.41) is 55.5. The summed E-state index contributed by atoms with van der Waals surface area (Å²) in [7, 11) is 0. The maximum atomic E-state index is 13.6. The van der Waals surface area contributed by atoms with Gasteiger partial charge in [0.2, 0.25) is 5.91 Å². The number of aliphatic hydroxyl groups excluding tert-OH is 3. The van der Waals surface area contributed by atoms with Crippen LogP contribution in [0.25, 0.3) is 11.6 Å². The minimum Gasteiger partial charge on any atom is -0.508 e. The number of carbonyl (C=O) groups is 3. The molecule has 6 atom stereocenters. The number of fused-ring (bicyclic) bond motifs is 3. The molecular formula is C28H27NO9. The Morgan fingerprint density at radius 1 is 1.13 bits per heavy atom. The molecule has 38 heavy (non-hydrogen) atoms. The fourth-order valence-corrected chi connectivity index (χ4v) is 6.00. The molecule has 2 unspecified atom stereocenters. The number of benzene rings is 2. The molecule has 2 aromatic rings. The lowest BCUT2D eigenvalue weighted by Crippen LogP contribution is -2.66. The van der Waals surface area contributed by atoms with E-state index in [0.29, 0.717) is 29.1 Å². The lowest BCUT2D eigenvalue weighted by atomic mass is 9.55. The number of rotatable bonds is 4. The van der Waals surface area contributed by atoms with Gasteiger partial charge in [0.05, 0.1) is 30.0 Å². The summed E-state index contributed by atoms with van der Waals surface area (Å²) in [6.45, 7) is 2.32. The number of nitrogens with two attached hydrogens (primary N) is 1. The number of ketones is 2. The first-order chi connectivity index (χ1) is 18.0. The van der Waals surface area contributed by atoms with Gasteiger partial charge in [-0.1, -0.05) is 30.3 Å². The van der Waals surface area contributed by atoms with Crippen molar-refractivity contribution < 1.29 is 44.7 Å². The summed E-state index contributed by atoms with van der Waals surface area (Å²) in [6.07, 6.45) is -2.02. The summed E-state index contributed by atoms with van der Waals surface area (Å²) in [4.78, 5) is 38.8. The molecule has 10 nitrogen and oxygen atoms in total. The zero-order valence-corrected chi connectivity index (χ0v) is 20.4. The monoisotopic (exact) mass is 521 g/mol. The number of primary amides is 1. The second-order valence-corrected chi connectivity index (χ2v) is 9.78. The predicted molar refractivity (Wildman–Crippen MR) is 134 cm³/mol. The summed E-state index contributed by atoms with van der Waals surface area (Å²) >= 11 is 0. The fourth-order valence-electron chi connectivity index (χ4n) is 6.00. The Morgan fingerprint density at radius 2 is 1.82 bits per heavy atom. The molecule has 0 aromatic heterocycles. The molecule has 10 heteroatoms. The lowest BCUT2D eigenvalue weighted by Gasteiger charge is -2.51. The van der Waals surface area contributed by atoms with Crippen molar-refractivity contribution in [1.29, 1.82) is 0 Å². The summed E-state index contributed by atoms with van der Waals surface area (Å²) < 4.78 is 5.47. The van der Waals surface area contributed by atoms with E-state index in [9.17, 15) is 39.9 Å². The van der Waals surface area contributed by atoms with Gasteiger partial charge in [0.15, 0.2) is 17.2 Å². The molecule has 5 rings (SSSR count). The largest absolute Gasteiger partial charge is 0.508 e. The van der Waals surface area contributed by atoms with Gasteiger partial charge in [-0.25, -0.2) is 0 Å². The van der Waals surface area contributed by atoms with Crippen molar-refractivity contribution >= 4 is 29.1 Å². The van der Waals surface area contributed by atoms with Crippen LogP contribution in [0.3, 0.4) is 0 Å². The van der Waals surface area contributed by atoms with Crippen molar-refractivity contribution in [2.24, 2.45) is 23.5 Å². The topological polar surface area (TPSA) is 188 Å². The Balaban J connectivity index is 1.75. The van der Waals surface area contributed by atoms with Crippen LogP contribution in [0.2, 0.25) is 0 Å². The van der Waals surface area contributed by atoms with E-state index in [2.05, 4.69) is 0 Å². The fraction of sp³-hybridized carbons (Fsp3) is 0.321. The zero-order valence-electron chi connectivity index (χ0n) is 20.4. The molecule has 0 heterocycles. The van der Waals surface area contributed by atoms with Crippen LogP contribution in [-0.2, 0) is 9.59 Å². The highest BCUT2D eigenvalue weighted by Gasteiger charge is 2.65. The molecule has 3 aliphatic rings. The Bertz CT molecular complexity index is 1410. The van der Waals surface area contributed by atoms with Crippen LogP contribution in [0.1, 0.15) is 34.8 Å². The second kappa shape index (κ2) is 9.09. The number of Topliss-reactive ketones (excluding diaryl/α,β-unsaturated/α-hetero) is 2. The first-order valence-electron chi connectivity index (χ1n) is 12.2. The molecule has 198 valence electrons. The van der Waals surface area contributed by atoms with E-state index in [-0.39, 0.29) is 5.56 Å². The molecule has 2 aromatic carbocycles. The van der Waals surface area contributed by atoms with Gasteiger partial charge >= 0.3 is 0 Å². The first-order valence-corrected chi connectivity index (χ1v) is 12.2. The minimum atomic E-state index is -2.84. The molecule has 0 saturated heterocycles. The van der Waals surface area contributed by atoms with Crippen molar-refractivity contribution in [1.82, 2.24) is 0 Å². The van der Waals surface area contributed by atoms with Crippen LogP contribution in [-0.4, -0.2) is 67.4 Å². The average Bonchev–Trinajstić information content (AvgIpc) is 2.87. The molecule has 0 bridgehead atoms. The van der Waals surface area contributed by atoms with E-state index >= 15 is 0 Å². The highest BCUT2D eigenvalue weighted by Crippen LogP contribution is 2.55. The lowest BCUT2D eigenvalue weighted by molar-refractivity contribution is -0.177. The van der Waals surface area contributed by atoms with Crippen molar-refractivity contribution in [3.8, 4) is 11.5 Å². The van der Waals surface area contributed by atoms with E-state index in [0.717, 1.165) is 0 Å². The SMILES string of the molecule is CCOc1ccc(/C=C2\c3cccc(O)c3C(=O)C3=C(O)[C@]4(O)C(=O)C(C(N)=O)C(O)C[C@@H]4[C@@H](O)[C@@H]32)cc1. The van der Waals surface area contributed by atoms with Crippen LogP contribution < -0.4 is 10.5 Å². The quantitative estimate of drug-likeness (QED) is 0.320. The van der Waals surface area contributed by atoms with Gasteiger partial charge in [0, 0.05) is 11.8 Å². The number of hydrogen-bond acceptors (Lipinski definition) is 9. The number of aliphatic hydroxyl groups is 4. The van der Waals surface area contributed by atoms with Gasteiger partial charge in [0.1, 0.15) is 23.2 Å². The third kappa shape index (κ3) is 3.56. The maximum absolute atomic E-state index is 13.6. The van der Waals surface area contributed by atoms with Gasteiger partial charge in [-0.2, -0.15) is 0 Å². The van der Waals surface area contributed by atoms with Crippen LogP contribution in [0, 0.1) is 17.8 Å². The van der Waals surface area contributed by atoms with Gasteiger partial charge in [-0.05, 0) is 48.2 Å². The number of phenolic OH excluding ortho intramolecular Hbond substituents is 1. The standard InChI is InChI=1S/C28H27NO9/c1-2-38-13-8-6-12(7-9-13)10-15-14-4-3-5-17(30)19(14)24(33)22-20(15)23(32)16-11-18(31)21(27(29)36)25(34)28(16,37)26(22)35/h3-10,16,18,20-21,23,30-32,35,37H,2,11H2,1H3,(H2,29,36)/b15-10+/t16-,18?,20-,21?,23-,28-/m1/s1. The smallest absolute Gasteiger partial charge is 0.230 e. The van der Waals surface area contributed by atoms with Gasteiger partial charge < -0.3 is 36.0 Å². The van der Waals surface area contributed by atoms with E-state index in [4.69, 9.17) is 10.5 Å². The minimum absolute atomic E-state index is 0.175. The van der Waals surface area contributed by atoms with Crippen molar-refractivity contribution in [2.75, 3.05) is 6.61 Å². The Morgan fingerprint density at radius 3 is 2.45 bits per heavy atom. The molecule has 1 amide bonds. The van der Waals surface area contributed by atoms with Gasteiger partial charge in [-0.15, -0.1) is 0 Å². The number of phenols is 1. The third-order valence-corrected chi connectivity index (χ3v) is 7.74. The third-order valence-electron chi connectivity index (χ3n) is 7.74. The molecule has 0 radical (unpaired) electrons. The van der Waals surface area contributed by atoms with Crippen LogP contribution in [0.5, 0.6) is 11.5 Å². The normalized spacial score (nSPS) is 31.5. The Hall–Kier alpha value is -3.99. The highest BCUT2D eigenvalue weighted by atomic mass is 16.5. The predicted octanol–water partition coefficient (Wildman–Crippen LogP) is 1.11. The summed E-state index contributed by atoms with van der Waals surface area (Å²) in [5.74, 6) is -8.71. The van der Waals surface area contributed by atoms with Crippen molar-refractivity contribution in [3.63, 3.8) is 0 Å². The van der Waals surface area contributed by atoms with Crippen LogP contribution in [0.15, 0.2) is 53.8 Å². The number of ether oxygens (including phenoxy) is 1.